The topological polar surface area (TPSA) is 23.5 Å². The first-order valence-corrected chi connectivity index (χ1v) is 6.82. The summed E-state index contributed by atoms with van der Waals surface area (Å²) in [7, 11) is 0. The highest BCUT2D eigenvalue weighted by Gasteiger charge is 2.43. The maximum Gasteiger partial charge on any atom is 0.0384 e. The van der Waals surface area contributed by atoms with Gasteiger partial charge >= 0.3 is 0 Å². The van der Waals surface area contributed by atoms with Crippen LogP contribution < -0.4 is 0 Å². The smallest absolute Gasteiger partial charge is 0.0384 e. The molecule has 3 atom stereocenters. The average molecular weight is 209 g/mol. The van der Waals surface area contributed by atoms with Crippen LogP contribution in [0.15, 0.2) is 0 Å². The fourth-order valence-corrected chi connectivity index (χ4v) is 4.15. The number of hydroxylamine groups is 2. The van der Waals surface area contributed by atoms with Crippen molar-refractivity contribution < 1.29 is 5.21 Å². The molecule has 3 saturated carbocycles. The quantitative estimate of drug-likeness (QED) is 0.706. The Morgan fingerprint density at radius 2 is 1.67 bits per heavy atom. The van der Waals surface area contributed by atoms with E-state index in [0.29, 0.717) is 12.1 Å². The van der Waals surface area contributed by atoms with Gasteiger partial charge in [-0.25, -0.2) is 0 Å². The molecule has 0 aromatic carbocycles. The molecule has 0 aromatic rings. The van der Waals surface area contributed by atoms with Crippen LogP contribution in [0.5, 0.6) is 0 Å². The van der Waals surface area contributed by atoms with Gasteiger partial charge in [0.2, 0.25) is 0 Å². The van der Waals surface area contributed by atoms with Crippen molar-refractivity contribution in [2.75, 3.05) is 0 Å². The van der Waals surface area contributed by atoms with E-state index in [1.807, 2.05) is 0 Å². The van der Waals surface area contributed by atoms with E-state index in [9.17, 15) is 5.21 Å². The van der Waals surface area contributed by atoms with Crippen LogP contribution in [-0.4, -0.2) is 22.4 Å². The number of rotatable bonds is 2. The van der Waals surface area contributed by atoms with E-state index in [2.05, 4.69) is 0 Å². The third kappa shape index (κ3) is 1.83. The van der Waals surface area contributed by atoms with Gasteiger partial charge < -0.3 is 5.21 Å². The van der Waals surface area contributed by atoms with Gasteiger partial charge in [0, 0.05) is 12.1 Å². The lowest BCUT2D eigenvalue weighted by Gasteiger charge is -2.37. The molecule has 2 nitrogen and oxygen atoms in total. The summed E-state index contributed by atoms with van der Waals surface area (Å²) in [5, 5.41) is 12.1. The highest BCUT2D eigenvalue weighted by molar-refractivity contribution is 4.95. The van der Waals surface area contributed by atoms with Crippen molar-refractivity contribution in [2.24, 2.45) is 11.8 Å². The van der Waals surface area contributed by atoms with Crippen LogP contribution in [0, 0.1) is 11.8 Å². The van der Waals surface area contributed by atoms with Gasteiger partial charge in [-0.15, -0.1) is 0 Å². The third-order valence-corrected chi connectivity index (χ3v) is 4.99. The molecule has 2 heteroatoms. The molecule has 0 aliphatic heterocycles. The molecule has 0 saturated heterocycles. The molecule has 15 heavy (non-hydrogen) atoms. The molecule has 0 amide bonds. The molecule has 86 valence electrons. The Kier molecular flexibility index (Phi) is 2.73. The maximum absolute atomic E-state index is 10.3. The molecule has 3 aliphatic rings. The Morgan fingerprint density at radius 1 is 0.867 bits per heavy atom. The first-order chi connectivity index (χ1) is 7.34. The molecule has 3 rings (SSSR count). The number of fused-ring (bicyclic) bond motifs is 2. The summed E-state index contributed by atoms with van der Waals surface area (Å²) in [5.41, 5.74) is 0. The van der Waals surface area contributed by atoms with Gasteiger partial charge in [0.1, 0.15) is 0 Å². The predicted octanol–water partition coefficient (Wildman–Crippen LogP) is 3.20. The number of nitrogens with zero attached hydrogens (tertiary/aromatic N) is 1. The molecule has 0 aromatic heterocycles. The van der Waals surface area contributed by atoms with E-state index in [1.165, 1.54) is 57.8 Å². The minimum Gasteiger partial charge on any atom is -0.313 e. The monoisotopic (exact) mass is 209 g/mol. The van der Waals surface area contributed by atoms with Crippen LogP contribution in [-0.2, 0) is 0 Å². The maximum atomic E-state index is 10.3. The molecule has 0 radical (unpaired) electrons. The van der Waals surface area contributed by atoms with Gasteiger partial charge in [0.25, 0.3) is 0 Å². The average Bonchev–Trinajstić information content (AvgIpc) is 2.91. The Bertz CT molecular complexity index is 225. The fourth-order valence-electron chi connectivity index (χ4n) is 4.15. The van der Waals surface area contributed by atoms with E-state index in [1.54, 1.807) is 5.06 Å². The van der Waals surface area contributed by atoms with Gasteiger partial charge in [-0.2, -0.15) is 5.06 Å². The number of hydrogen-bond donors (Lipinski definition) is 1. The van der Waals surface area contributed by atoms with Crippen molar-refractivity contribution in [1.82, 2.24) is 5.06 Å². The van der Waals surface area contributed by atoms with Gasteiger partial charge in [-0.1, -0.05) is 25.7 Å². The normalized spacial score (nSPS) is 41.6. The van der Waals surface area contributed by atoms with Crippen molar-refractivity contribution in [2.45, 2.75) is 69.9 Å². The van der Waals surface area contributed by atoms with Gasteiger partial charge in [0.15, 0.2) is 0 Å². The summed E-state index contributed by atoms with van der Waals surface area (Å²) in [6.45, 7) is 0. The second kappa shape index (κ2) is 4.06. The van der Waals surface area contributed by atoms with E-state index in [4.69, 9.17) is 0 Å². The van der Waals surface area contributed by atoms with Crippen LogP contribution in [0.2, 0.25) is 0 Å². The molecular weight excluding hydrogens is 186 g/mol. The second-order valence-electron chi connectivity index (χ2n) is 5.91. The minimum absolute atomic E-state index is 0.489. The molecule has 0 heterocycles. The van der Waals surface area contributed by atoms with Crippen LogP contribution in [0.25, 0.3) is 0 Å². The summed E-state index contributed by atoms with van der Waals surface area (Å²) in [4.78, 5) is 0. The van der Waals surface area contributed by atoms with Crippen LogP contribution in [0.1, 0.15) is 57.8 Å². The second-order valence-corrected chi connectivity index (χ2v) is 5.91. The molecule has 2 bridgehead atoms. The van der Waals surface area contributed by atoms with E-state index < -0.39 is 0 Å². The Hall–Kier alpha value is -0.0800. The van der Waals surface area contributed by atoms with Crippen LogP contribution in [0.3, 0.4) is 0 Å². The van der Waals surface area contributed by atoms with E-state index in [-0.39, 0.29) is 0 Å². The third-order valence-electron chi connectivity index (χ3n) is 4.99. The molecule has 0 spiro atoms. The summed E-state index contributed by atoms with van der Waals surface area (Å²) in [6.07, 6.45) is 12.0. The zero-order valence-electron chi connectivity index (χ0n) is 9.57. The predicted molar refractivity (Wildman–Crippen MR) is 59.7 cm³/mol. The molecule has 3 fully saturated rings. The molecule has 1 N–H and O–H groups in total. The molecule has 0 unspecified atom stereocenters. The molecular formula is C13H23NO. The zero-order valence-corrected chi connectivity index (χ0v) is 9.57. The van der Waals surface area contributed by atoms with Crippen molar-refractivity contribution in [3.63, 3.8) is 0 Å². The van der Waals surface area contributed by atoms with Crippen LogP contribution in [0.4, 0.5) is 0 Å². The number of hydrogen-bond acceptors (Lipinski definition) is 2. The van der Waals surface area contributed by atoms with Gasteiger partial charge in [-0.3, -0.25) is 0 Å². The largest absolute Gasteiger partial charge is 0.313 e. The van der Waals surface area contributed by atoms with E-state index in [0.717, 1.165) is 11.8 Å². The first kappa shape index (κ1) is 10.1. The lowest BCUT2D eigenvalue weighted by atomic mass is 9.90. The van der Waals surface area contributed by atoms with E-state index >= 15 is 0 Å². The van der Waals surface area contributed by atoms with Crippen molar-refractivity contribution >= 4 is 0 Å². The fraction of sp³-hybridized carbons (Fsp3) is 1.00. The highest BCUT2D eigenvalue weighted by Crippen LogP contribution is 2.47. The first-order valence-electron chi connectivity index (χ1n) is 6.82. The lowest BCUT2D eigenvalue weighted by molar-refractivity contribution is -0.178. The zero-order chi connectivity index (χ0) is 10.3. The molecule has 3 aliphatic carbocycles. The summed E-state index contributed by atoms with van der Waals surface area (Å²) < 4.78 is 0. The van der Waals surface area contributed by atoms with Crippen molar-refractivity contribution in [3.05, 3.63) is 0 Å². The SMILES string of the molecule is ON(C1CCCCC1)[C@@H]1C[C@H]2CC[C@@H]1C2. The van der Waals surface area contributed by atoms with Crippen LogP contribution >= 0.6 is 0 Å². The Balaban J connectivity index is 1.61. The summed E-state index contributed by atoms with van der Waals surface area (Å²) >= 11 is 0. The van der Waals surface area contributed by atoms with Crippen molar-refractivity contribution in [3.8, 4) is 0 Å². The summed E-state index contributed by atoms with van der Waals surface area (Å²) in [5.74, 6) is 1.76. The van der Waals surface area contributed by atoms with Gasteiger partial charge in [0.05, 0.1) is 0 Å². The van der Waals surface area contributed by atoms with Gasteiger partial charge in [-0.05, 0) is 43.9 Å². The van der Waals surface area contributed by atoms with Crippen molar-refractivity contribution in [1.29, 1.82) is 0 Å². The Labute approximate surface area is 92.6 Å². The lowest BCUT2D eigenvalue weighted by Crippen LogP contribution is -2.44. The minimum atomic E-state index is 0.489. The summed E-state index contributed by atoms with van der Waals surface area (Å²) in [6, 6.07) is 1.01. The highest BCUT2D eigenvalue weighted by atomic mass is 16.5. The Morgan fingerprint density at radius 3 is 2.27 bits per heavy atom. The standard InChI is InChI=1S/C13H23NO/c15-14(12-4-2-1-3-5-12)13-9-10-6-7-11(13)8-10/h10-13,15H,1-9H2/t10-,11+,13+/m0/s1.